The molecule has 2 saturated carbocycles. The van der Waals surface area contributed by atoms with Crippen LogP contribution in [0.1, 0.15) is 31.2 Å². The third-order valence-corrected chi connectivity index (χ3v) is 5.12. The Balaban J connectivity index is 1.67. The number of halogens is 1. The molecule has 1 aromatic rings. The average Bonchev–Trinajstić information content (AvgIpc) is 3.06. The van der Waals surface area contributed by atoms with Crippen molar-refractivity contribution in [1.29, 1.82) is 0 Å². The summed E-state index contributed by atoms with van der Waals surface area (Å²) in [5.41, 5.74) is 1.14. The molecule has 3 rings (SSSR count). The number of carbonyl (C=O) groups is 1. The molecule has 0 radical (unpaired) electrons. The van der Waals surface area contributed by atoms with Crippen LogP contribution >= 0.6 is 15.9 Å². The van der Waals surface area contributed by atoms with E-state index in [9.17, 15) is 4.79 Å². The molecule has 0 bridgehead atoms. The fraction of sp³-hybridized carbons (Fsp3) is 0.533. The SMILES string of the molecule is O=C(Cc1ccccc1Br)C1C2CCCCC21. The van der Waals surface area contributed by atoms with Crippen LogP contribution in [0.5, 0.6) is 0 Å². The Bertz CT molecular complexity index is 428. The summed E-state index contributed by atoms with van der Waals surface area (Å²) in [4.78, 5) is 12.3. The Morgan fingerprint density at radius 1 is 1.18 bits per heavy atom. The van der Waals surface area contributed by atoms with Gasteiger partial charge in [0.2, 0.25) is 0 Å². The highest BCUT2D eigenvalue weighted by Gasteiger charge is 2.53. The standard InChI is InChI=1S/C15H17BrO/c16-13-8-4-1-5-10(13)9-14(17)15-11-6-2-3-7-12(11)15/h1,4-5,8,11-12,15H,2-3,6-7,9H2. The Morgan fingerprint density at radius 2 is 1.82 bits per heavy atom. The van der Waals surface area contributed by atoms with Crippen molar-refractivity contribution in [2.45, 2.75) is 32.1 Å². The second-order valence-electron chi connectivity index (χ2n) is 5.37. The van der Waals surface area contributed by atoms with Crippen LogP contribution in [-0.2, 0) is 11.2 Å². The fourth-order valence-electron chi connectivity index (χ4n) is 3.42. The smallest absolute Gasteiger partial charge is 0.140 e. The normalized spacial score (nSPS) is 30.8. The summed E-state index contributed by atoms with van der Waals surface area (Å²) in [5.74, 6) is 2.33. The van der Waals surface area contributed by atoms with E-state index in [1.54, 1.807) is 0 Å². The lowest BCUT2D eigenvalue weighted by Crippen LogP contribution is -2.07. The molecule has 2 unspecified atom stereocenters. The first-order valence-electron chi connectivity index (χ1n) is 6.53. The fourth-order valence-corrected chi connectivity index (χ4v) is 3.84. The van der Waals surface area contributed by atoms with E-state index in [1.165, 1.54) is 25.7 Å². The number of Topliss-reactive ketones (excluding diaryl/α,β-unsaturated/α-hetero) is 1. The summed E-state index contributed by atoms with van der Waals surface area (Å²) < 4.78 is 1.07. The maximum Gasteiger partial charge on any atom is 0.140 e. The summed E-state index contributed by atoms with van der Waals surface area (Å²) in [7, 11) is 0. The molecule has 0 aliphatic heterocycles. The van der Waals surface area contributed by atoms with E-state index in [4.69, 9.17) is 0 Å². The number of hydrogen-bond donors (Lipinski definition) is 0. The van der Waals surface area contributed by atoms with Crippen molar-refractivity contribution in [1.82, 2.24) is 0 Å². The second kappa shape index (κ2) is 4.56. The van der Waals surface area contributed by atoms with E-state index in [-0.39, 0.29) is 0 Å². The van der Waals surface area contributed by atoms with E-state index < -0.39 is 0 Å². The zero-order valence-corrected chi connectivity index (χ0v) is 11.4. The first kappa shape index (κ1) is 11.5. The van der Waals surface area contributed by atoms with Crippen LogP contribution in [0.2, 0.25) is 0 Å². The lowest BCUT2D eigenvalue weighted by atomic mass is 10.0. The van der Waals surface area contributed by atoms with Crippen molar-refractivity contribution in [3.63, 3.8) is 0 Å². The zero-order valence-electron chi connectivity index (χ0n) is 9.86. The molecule has 2 atom stereocenters. The van der Waals surface area contributed by atoms with Crippen LogP contribution in [-0.4, -0.2) is 5.78 Å². The number of rotatable bonds is 3. The van der Waals surface area contributed by atoms with Crippen LogP contribution in [0, 0.1) is 17.8 Å². The highest BCUT2D eigenvalue weighted by Crippen LogP contribution is 2.56. The van der Waals surface area contributed by atoms with E-state index >= 15 is 0 Å². The minimum Gasteiger partial charge on any atom is -0.299 e. The minimum atomic E-state index is 0.393. The van der Waals surface area contributed by atoms with Gasteiger partial charge in [-0.3, -0.25) is 4.79 Å². The molecule has 2 fully saturated rings. The van der Waals surface area contributed by atoms with Crippen LogP contribution < -0.4 is 0 Å². The lowest BCUT2D eigenvalue weighted by molar-refractivity contribution is -0.120. The van der Waals surface area contributed by atoms with Crippen LogP contribution in [0.3, 0.4) is 0 Å². The van der Waals surface area contributed by atoms with Gasteiger partial charge in [0.05, 0.1) is 0 Å². The van der Waals surface area contributed by atoms with E-state index in [2.05, 4.69) is 15.9 Å². The maximum atomic E-state index is 12.3. The Hall–Kier alpha value is -0.630. The van der Waals surface area contributed by atoms with E-state index in [1.807, 2.05) is 24.3 Å². The first-order chi connectivity index (χ1) is 8.27. The number of fused-ring (bicyclic) bond motifs is 1. The Kier molecular flexibility index (Phi) is 3.08. The first-order valence-corrected chi connectivity index (χ1v) is 7.33. The van der Waals surface area contributed by atoms with Crippen molar-refractivity contribution in [3.05, 3.63) is 34.3 Å². The molecule has 1 nitrogen and oxygen atoms in total. The monoisotopic (exact) mass is 292 g/mol. The van der Waals surface area contributed by atoms with Crippen molar-refractivity contribution in [2.24, 2.45) is 17.8 Å². The summed E-state index contributed by atoms with van der Waals surface area (Å²) >= 11 is 3.52. The molecule has 2 aliphatic carbocycles. The topological polar surface area (TPSA) is 17.1 Å². The van der Waals surface area contributed by atoms with Gasteiger partial charge in [-0.2, -0.15) is 0 Å². The molecule has 2 aliphatic rings. The highest BCUT2D eigenvalue weighted by molar-refractivity contribution is 9.10. The molecule has 0 N–H and O–H groups in total. The second-order valence-corrected chi connectivity index (χ2v) is 6.23. The molecule has 0 amide bonds. The molecule has 17 heavy (non-hydrogen) atoms. The summed E-state index contributed by atoms with van der Waals surface area (Å²) in [5, 5.41) is 0. The third-order valence-electron chi connectivity index (χ3n) is 4.35. The van der Waals surface area contributed by atoms with E-state index in [0.717, 1.165) is 21.9 Å². The van der Waals surface area contributed by atoms with Gasteiger partial charge in [0.15, 0.2) is 0 Å². The van der Waals surface area contributed by atoms with Gasteiger partial charge in [-0.25, -0.2) is 0 Å². The number of carbonyl (C=O) groups excluding carboxylic acids is 1. The third kappa shape index (κ3) is 2.20. The number of ketones is 1. The average molecular weight is 293 g/mol. The zero-order chi connectivity index (χ0) is 11.8. The minimum absolute atomic E-state index is 0.393. The molecule has 0 aromatic heterocycles. The van der Waals surface area contributed by atoms with Gasteiger partial charge in [0.1, 0.15) is 5.78 Å². The van der Waals surface area contributed by atoms with Gasteiger partial charge in [-0.05, 0) is 36.3 Å². The van der Waals surface area contributed by atoms with E-state index in [0.29, 0.717) is 18.1 Å². The molecule has 2 heteroatoms. The largest absolute Gasteiger partial charge is 0.299 e. The number of benzene rings is 1. The predicted molar refractivity (Wildman–Crippen MR) is 71.8 cm³/mol. The van der Waals surface area contributed by atoms with Gasteiger partial charge < -0.3 is 0 Å². The lowest BCUT2D eigenvalue weighted by Gasteiger charge is -2.04. The van der Waals surface area contributed by atoms with Gasteiger partial charge in [-0.1, -0.05) is 47.0 Å². The number of hydrogen-bond acceptors (Lipinski definition) is 1. The van der Waals surface area contributed by atoms with Gasteiger partial charge in [0, 0.05) is 16.8 Å². The summed E-state index contributed by atoms with van der Waals surface area (Å²) in [6, 6.07) is 8.07. The van der Waals surface area contributed by atoms with Crippen molar-refractivity contribution in [2.75, 3.05) is 0 Å². The van der Waals surface area contributed by atoms with Crippen LogP contribution in [0.15, 0.2) is 28.7 Å². The summed E-state index contributed by atoms with van der Waals surface area (Å²) in [6.07, 6.45) is 5.85. The quantitative estimate of drug-likeness (QED) is 0.823. The molecular weight excluding hydrogens is 276 g/mol. The predicted octanol–water partition coefficient (Wildman–Crippen LogP) is 4.00. The van der Waals surface area contributed by atoms with Gasteiger partial charge in [0.25, 0.3) is 0 Å². The van der Waals surface area contributed by atoms with Gasteiger partial charge in [-0.15, -0.1) is 0 Å². The van der Waals surface area contributed by atoms with Crippen LogP contribution in [0.25, 0.3) is 0 Å². The molecule has 0 spiro atoms. The van der Waals surface area contributed by atoms with Crippen molar-refractivity contribution < 1.29 is 4.79 Å². The van der Waals surface area contributed by atoms with Crippen molar-refractivity contribution >= 4 is 21.7 Å². The molecular formula is C15H17BrO. The highest BCUT2D eigenvalue weighted by atomic mass is 79.9. The Morgan fingerprint density at radius 3 is 2.47 bits per heavy atom. The Labute approximate surface area is 111 Å². The maximum absolute atomic E-state index is 12.3. The van der Waals surface area contributed by atoms with Crippen LogP contribution in [0.4, 0.5) is 0 Å². The summed E-state index contributed by atoms with van der Waals surface area (Å²) in [6.45, 7) is 0. The molecule has 90 valence electrons. The molecule has 0 saturated heterocycles. The van der Waals surface area contributed by atoms with Gasteiger partial charge >= 0.3 is 0 Å². The van der Waals surface area contributed by atoms with Crippen molar-refractivity contribution in [3.8, 4) is 0 Å². The molecule has 0 heterocycles. The molecule has 1 aromatic carbocycles.